The molecule has 0 spiro atoms. The lowest BCUT2D eigenvalue weighted by atomic mass is 9.79. The van der Waals surface area contributed by atoms with Gasteiger partial charge in [-0.25, -0.2) is 0 Å². The van der Waals surface area contributed by atoms with Crippen molar-refractivity contribution >= 4 is 37.1 Å². The first-order valence-corrected chi connectivity index (χ1v) is 33.3. The van der Waals surface area contributed by atoms with E-state index in [1.54, 1.807) is 0 Å². The van der Waals surface area contributed by atoms with E-state index in [-0.39, 0.29) is 21.7 Å². The minimum atomic E-state index is -1.14. The molecule has 10 aromatic rings. The van der Waals surface area contributed by atoms with Gasteiger partial charge < -0.3 is 4.90 Å². The monoisotopic (exact) mass is 1060 g/mol. The van der Waals surface area contributed by atoms with E-state index >= 15 is 0 Å². The van der Waals surface area contributed by atoms with E-state index in [2.05, 4.69) is 273 Å². The molecule has 0 N–H and O–H groups in total. The van der Waals surface area contributed by atoms with Crippen LogP contribution >= 0.6 is 20.1 Å². The Hall–Kier alpha value is -7.30. The lowest BCUT2D eigenvalue weighted by molar-refractivity contribution is 0.651. The third-order valence-electron chi connectivity index (χ3n) is 20.4. The van der Waals surface area contributed by atoms with Crippen molar-refractivity contribution in [2.75, 3.05) is 29.9 Å². The molecule has 0 unspecified atom stereocenters. The normalized spacial score (nSPS) is 18.5. The van der Waals surface area contributed by atoms with Gasteiger partial charge in [-0.1, -0.05) is 165 Å². The van der Waals surface area contributed by atoms with Gasteiger partial charge in [-0.05, 0) is 210 Å². The van der Waals surface area contributed by atoms with E-state index in [9.17, 15) is 0 Å². The average Bonchev–Trinajstić information content (AvgIpc) is 3.23. The van der Waals surface area contributed by atoms with Crippen molar-refractivity contribution in [1.29, 1.82) is 0 Å². The summed E-state index contributed by atoms with van der Waals surface area (Å²) in [6.45, 7) is 19.7. The molecule has 0 radical (unpaired) electrons. The van der Waals surface area contributed by atoms with E-state index in [1.807, 2.05) is 0 Å². The van der Waals surface area contributed by atoms with Gasteiger partial charge in [-0.3, -0.25) is 0 Å². The lowest BCUT2D eigenvalue weighted by Gasteiger charge is -2.31. The highest BCUT2D eigenvalue weighted by molar-refractivity contribution is 8.33. The summed E-state index contributed by atoms with van der Waals surface area (Å²) in [5.74, 6) is 0. The van der Waals surface area contributed by atoms with Gasteiger partial charge in [0.15, 0.2) is 0 Å². The van der Waals surface area contributed by atoms with Crippen molar-refractivity contribution in [1.82, 2.24) is 0 Å². The third kappa shape index (κ3) is 5.91. The summed E-state index contributed by atoms with van der Waals surface area (Å²) in [6.07, 6.45) is 9.96. The number of rotatable bonds is 4. The van der Waals surface area contributed by atoms with Crippen LogP contribution in [0.15, 0.2) is 208 Å². The maximum absolute atomic E-state index is 2.62. The first kappa shape index (κ1) is 47.7. The van der Waals surface area contributed by atoms with Gasteiger partial charge in [0, 0.05) is 69.3 Å². The maximum Gasteiger partial charge on any atom is 0.0540 e. The lowest BCUT2D eigenvalue weighted by Crippen LogP contribution is -2.18. The molecule has 16 rings (SSSR count). The minimum Gasteiger partial charge on any atom is -0.310 e. The average molecular weight is 1060 g/mol. The van der Waals surface area contributed by atoms with Crippen LogP contribution in [0.1, 0.15) is 99.9 Å². The molecule has 3 heteroatoms. The fourth-order valence-corrected chi connectivity index (χ4v) is 21.2. The molecule has 2 aliphatic heterocycles. The molecule has 0 bridgehead atoms. The standard InChI is InChI=1S/C76H67NS2/c1-73(2)56-34-36-67-71(50-25-17-20-28-65(50)78(67,9)10)69(56)54-42-60-52(40-62(54)73)48-32-30-45(38-58(48)75(60,5)6)77(64-27-19-16-24-47(64)44-22-14-13-15-23-44)46-31-33-49-53-41-63-55(43-61(53)76(7,8)59(49)39-46)70-57(74(63,3)4)35-37-68-72(70)51-26-18-21-29-66(51)79(68,11)12/h13-43H,1-12H3. The highest BCUT2D eigenvalue weighted by Crippen LogP contribution is 2.73. The number of fused-ring (bicyclic) bond motifs is 20. The van der Waals surface area contributed by atoms with E-state index in [0.29, 0.717) is 0 Å². The Labute approximate surface area is 471 Å². The molecule has 79 heavy (non-hydrogen) atoms. The van der Waals surface area contributed by atoms with Crippen molar-refractivity contribution in [3.8, 4) is 77.9 Å². The van der Waals surface area contributed by atoms with Crippen molar-refractivity contribution < 1.29 is 0 Å². The van der Waals surface area contributed by atoms with Crippen LogP contribution in [0.25, 0.3) is 77.9 Å². The quantitative estimate of drug-likeness (QED) is 0.170. The van der Waals surface area contributed by atoms with Crippen LogP contribution in [0.2, 0.25) is 0 Å². The number of para-hydroxylation sites is 1. The third-order valence-corrected chi connectivity index (χ3v) is 26.2. The fourth-order valence-electron chi connectivity index (χ4n) is 16.1. The topological polar surface area (TPSA) is 3.24 Å². The van der Waals surface area contributed by atoms with Crippen molar-refractivity contribution in [3.63, 3.8) is 0 Å². The summed E-state index contributed by atoms with van der Waals surface area (Å²) < 4.78 is 0. The SMILES string of the molecule is CC1(C)c2cc(N(c3ccc4c(c3)C(C)(C)c3cc5c(cc3-4)C(C)(C)c3ccc4c(c3-5)-c3ccccc3S4(C)C)c3ccccc3-c3ccccc3)ccc2-c2cc3c(cc21)-c1c(ccc2c1-c1ccccc1S2(C)C)C3(C)C. The van der Waals surface area contributed by atoms with Crippen molar-refractivity contribution in [2.24, 2.45) is 0 Å². The fraction of sp³-hybridized carbons (Fsp3) is 0.211. The molecule has 0 aromatic heterocycles. The Kier molecular flexibility index (Phi) is 9.25. The molecule has 0 saturated heterocycles. The van der Waals surface area contributed by atoms with Gasteiger partial charge >= 0.3 is 0 Å². The van der Waals surface area contributed by atoms with Crippen molar-refractivity contribution in [2.45, 2.75) is 96.6 Å². The van der Waals surface area contributed by atoms with E-state index in [1.165, 1.54) is 159 Å². The summed E-state index contributed by atoms with van der Waals surface area (Å²) in [5, 5.41) is 0. The van der Waals surface area contributed by atoms with Gasteiger partial charge in [0.2, 0.25) is 0 Å². The maximum atomic E-state index is 2.62. The number of hydrogen-bond donors (Lipinski definition) is 0. The number of benzene rings is 10. The number of nitrogens with zero attached hydrogens (tertiary/aromatic N) is 1. The second kappa shape index (κ2) is 15.3. The van der Waals surface area contributed by atoms with Crippen molar-refractivity contribution in [3.05, 3.63) is 233 Å². The van der Waals surface area contributed by atoms with Crippen LogP contribution in [0, 0.1) is 0 Å². The first-order chi connectivity index (χ1) is 37.7. The zero-order valence-electron chi connectivity index (χ0n) is 47.7. The van der Waals surface area contributed by atoms with Crippen LogP contribution in [0.5, 0.6) is 0 Å². The van der Waals surface area contributed by atoms with Gasteiger partial charge in [-0.15, -0.1) is 0 Å². The molecule has 0 saturated carbocycles. The molecule has 0 fully saturated rings. The van der Waals surface area contributed by atoms with Crippen LogP contribution in [0.4, 0.5) is 17.1 Å². The summed E-state index contributed by atoms with van der Waals surface area (Å²) in [4.78, 5) is 8.64. The summed E-state index contributed by atoms with van der Waals surface area (Å²) in [5.41, 5.74) is 33.5. The molecule has 10 aromatic carbocycles. The van der Waals surface area contributed by atoms with Gasteiger partial charge in [0.05, 0.1) is 5.69 Å². The summed E-state index contributed by atoms with van der Waals surface area (Å²) in [7, 11) is -2.28. The first-order valence-electron chi connectivity index (χ1n) is 28.4. The van der Waals surface area contributed by atoms with E-state index in [0.717, 1.165) is 0 Å². The zero-order valence-corrected chi connectivity index (χ0v) is 49.3. The van der Waals surface area contributed by atoms with Crippen LogP contribution < -0.4 is 4.90 Å². The Morgan fingerprint density at radius 2 is 0.633 bits per heavy atom. The Morgan fingerprint density at radius 3 is 1.10 bits per heavy atom. The molecule has 2 heterocycles. The molecular formula is C76H67NS2. The highest BCUT2D eigenvalue weighted by Gasteiger charge is 2.48. The molecular weight excluding hydrogens is 991 g/mol. The van der Waals surface area contributed by atoms with Crippen LogP contribution in [0.3, 0.4) is 0 Å². The predicted molar refractivity (Wildman–Crippen MR) is 340 cm³/mol. The Bertz CT molecular complexity index is 4180. The van der Waals surface area contributed by atoms with E-state index < -0.39 is 20.1 Å². The largest absolute Gasteiger partial charge is 0.310 e. The van der Waals surface area contributed by atoms with Gasteiger partial charge in [-0.2, -0.15) is 20.1 Å². The molecule has 1 nitrogen and oxygen atoms in total. The van der Waals surface area contributed by atoms with E-state index in [4.69, 9.17) is 0 Å². The zero-order chi connectivity index (χ0) is 54.2. The smallest absolute Gasteiger partial charge is 0.0540 e. The molecule has 388 valence electrons. The molecule has 0 atom stereocenters. The second-order valence-corrected chi connectivity index (χ2v) is 33.5. The Morgan fingerprint density at radius 1 is 0.266 bits per heavy atom. The minimum absolute atomic E-state index is 0.136. The second-order valence-electron chi connectivity index (χ2n) is 26.4. The molecule has 4 aliphatic carbocycles. The number of anilines is 3. The highest BCUT2D eigenvalue weighted by atomic mass is 32.3. The Balaban J connectivity index is 0.850. The van der Waals surface area contributed by atoms with Gasteiger partial charge in [0.1, 0.15) is 0 Å². The summed E-state index contributed by atoms with van der Waals surface area (Å²) >= 11 is 0. The molecule has 6 aliphatic rings. The summed E-state index contributed by atoms with van der Waals surface area (Å²) in [6, 6.07) is 73.6. The van der Waals surface area contributed by atoms with Gasteiger partial charge in [0.25, 0.3) is 0 Å². The number of hydrogen-bond acceptors (Lipinski definition) is 1. The predicted octanol–water partition coefficient (Wildman–Crippen LogP) is 21.0. The molecule has 0 amide bonds. The van der Waals surface area contributed by atoms with Crippen LogP contribution in [-0.4, -0.2) is 25.0 Å². The van der Waals surface area contributed by atoms with Crippen LogP contribution in [-0.2, 0) is 21.7 Å².